The Balaban J connectivity index is 3.82. The molecule has 0 heterocycles. The monoisotopic (exact) mass is 246 g/mol. The molecule has 104 valence electrons. The van der Waals surface area contributed by atoms with Crippen LogP contribution >= 0.6 is 0 Å². The van der Waals surface area contributed by atoms with Gasteiger partial charge in [0.05, 0.1) is 13.2 Å². The van der Waals surface area contributed by atoms with E-state index in [-0.39, 0.29) is 0 Å². The van der Waals surface area contributed by atoms with Gasteiger partial charge in [-0.2, -0.15) is 0 Å². The molecular formula is C13H30N2O2. The second kappa shape index (κ2) is 11.0. The summed E-state index contributed by atoms with van der Waals surface area (Å²) in [6.07, 6.45) is 1.18. The number of nitrogens with one attached hydrogen (secondary N) is 1. The van der Waals surface area contributed by atoms with Crippen LogP contribution in [-0.4, -0.2) is 64.1 Å². The summed E-state index contributed by atoms with van der Waals surface area (Å²) in [6, 6.07) is 1.03. The molecule has 4 nitrogen and oxygen atoms in total. The lowest BCUT2D eigenvalue weighted by molar-refractivity contribution is 0.120. The lowest BCUT2D eigenvalue weighted by Gasteiger charge is -2.28. The van der Waals surface area contributed by atoms with Crippen LogP contribution in [0.3, 0.4) is 0 Å². The first-order valence-corrected chi connectivity index (χ1v) is 6.61. The summed E-state index contributed by atoms with van der Waals surface area (Å²) < 4.78 is 10.2. The van der Waals surface area contributed by atoms with Crippen LogP contribution in [-0.2, 0) is 9.47 Å². The van der Waals surface area contributed by atoms with Gasteiger partial charge in [0, 0.05) is 45.9 Å². The first-order valence-electron chi connectivity index (χ1n) is 6.61. The van der Waals surface area contributed by atoms with E-state index in [9.17, 15) is 0 Å². The molecule has 0 bridgehead atoms. The summed E-state index contributed by atoms with van der Waals surface area (Å²) in [5.74, 6) is 0. The Kier molecular flexibility index (Phi) is 10.9. The Labute approximate surface area is 107 Å². The molecule has 0 aromatic carbocycles. The van der Waals surface area contributed by atoms with Crippen LogP contribution < -0.4 is 5.32 Å². The van der Waals surface area contributed by atoms with Crippen molar-refractivity contribution in [3.63, 3.8) is 0 Å². The molecule has 0 spiro atoms. The Morgan fingerprint density at radius 1 is 1.12 bits per heavy atom. The van der Waals surface area contributed by atoms with Gasteiger partial charge in [0.15, 0.2) is 0 Å². The van der Waals surface area contributed by atoms with Gasteiger partial charge in [-0.25, -0.2) is 0 Å². The first-order chi connectivity index (χ1) is 8.15. The molecule has 17 heavy (non-hydrogen) atoms. The van der Waals surface area contributed by atoms with E-state index in [1.807, 2.05) is 0 Å². The van der Waals surface area contributed by atoms with Gasteiger partial charge < -0.3 is 14.8 Å². The maximum Gasteiger partial charge on any atom is 0.0613 e. The molecule has 0 amide bonds. The molecule has 2 atom stereocenters. The van der Waals surface area contributed by atoms with Crippen molar-refractivity contribution in [1.82, 2.24) is 10.2 Å². The smallest absolute Gasteiger partial charge is 0.0613 e. The molecule has 1 N–H and O–H groups in total. The normalized spacial score (nSPS) is 15.2. The summed E-state index contributed by atoms with van der Waals surface area (Å²) in [6.45, 7) is 11.3. The average molecular weight is 246 g/mol. The summed E-state index contributed by atoms with van der Waals surface area (Å²) in [5.41, 5.74) is 0. The van der Waals surface area contributed by atoms with Crippen molar-refractivity contribution in [3.8, 4) is 0 Å². The molecule has 0 saturated heterocycles. The van der Waals surface area contributed by atoms with E-state index in [4.69, 9.17) is 9.47 Å². The van der Waals surface area contributed by atoms with E-state index in [2.05, 4.69) is 31.0 Å². The minimum absolute atomic E-state index is 0.418. The van der Waals surface area contributed by atoms with Crippen LogP contribution in [0.5, 0.6) is 0 Å². The van der Waals surface area contributed by atoms with E-state index in [0.717, 1.165) is 32.8 Å². The predicted molar refractivity (Wildman–Crippen MR) is 72.5 cm³/mol. The second-order valence-corrected chi connectivity index (χ2v) is 4.60. The van der Waals surface area contributed by atoms with Gasteiger partial charge in [-0.1, -0.05) is 6.92 Å². The van der Waals surface area contributed by atoms with Crippen molar-refractivity contribution in [2.24, 2.45) is 0 Å². The first kappa shape index (κ1) is 16.8. The summed E-state index contributed by atoms with van der Waals surface area (Å²) >= 11 is 0. The zero-order valence-corrected chi connectivity index (χ0v) is 12.2. The lowest BCUT2D eigenvalue weighted by Crippen LogP contribution is -2.42. The number of nitrogens with zero attached hydrogens (tertiary/aromatic N) is 1. The maximum atomic E-state index is 5.15. The quantitative estimate of drug-likeness (QED) is 0.597. The molecule has 0 aliphatic carbocycles. The molecular weight excluding hydrogens is 216 g/mol. The lowest BCUT2D eigenvalue weighted by atomic mass is 10.2. The zero-order chi connectivity index (χ0) is 13.1. The van der Waals surface area contributed by atoms with Crippen LogP contribution in [0.2, 0.25) is 0 Å². The van der Waals surface area contributed by atoms with Crippen LogP contribution in [0.1, 0.15) is 27.2 Å². The van der Waals surface area contributed by atoms with Gasteiger partial charge in [0.1, 0.15) is 0 Å². The van der Waals surface area contributed by atoms with Gasteiger partial charge >= 0.3 is 0 Å². The summed E-state index contributed by atoms with van der Waals surface area (Å²) in [5, 5.41) is 3.46. The number of methoxy groups -OCH3 is 2. The van der Waals surface area contributed by atoms with Gasteiger partial charge in [0.25, 0.3) is 0 Å². The van der Waals surface area contributed by atoms with Crippen LogP contribution in [0.15, 0.2) is 0 Å². The fraction of sp³-hybridized carbons (Fsp3) is 1.00. The molecule has 0 aromatic rings. The third kappa shape index (κ3) is 8.55. The number of rotatable bonds is 11. The van der Waals surface area contributed by atoms with E-state index >= 15 is 0 Å². The Bertz CT molecular complexity index is 167. The Morgan fingerprint density at radius 3 is 2.35 bits per heavy atom. The minimum Gasteiger partial charge on any atom is -0.383 e. The molecule has 0 aromatic heterocycles. The van der Waals surface area contributed by atoms with Gasteiger partial charge in [0.2, 0.25) is 0 Å². The Morgan fingerprint density at radius 2 is 1.82 bits per heavy atom. The number of ether oxygens (including phenoxy) is 2. The molecule has 0 fully saturated rings. The third-order valence-corrected chi connectivity index (χ3v) is 3.11. The fourth-order valence-corrected chi connectivity index (χ4v) is 1.78. The van der Waals surface area contributed by atoms with Gasteiger partial charge in [-0.3, -0.25) is 4.90 Å². The highest BCUT2D eigenvalue weighted by Crippen LogP contribution is 2.02. The minimum atomic E-state index is 0.418. The van der Waals surface area contributed by atoms with Crippen molar-refractivity contribution in [2.75, 3.05) is 47.1 Å². The SMILES string of the molecule is CCC(C)N(CCNC(C)COC)CCOC. The second-order valence-electron chi connectivity index (χ2n) is 4.60. The van der Waals surface area contributed by atoms with Crippen molar-refractivity contribution in [3.05, 3.63) is 0 Å². The van der Waals surface area contributed by atoms with Crippen LogP contribution in [0.25, 0.3) is 0 Å². The van der Waals surface area contributed by atoms with Gasteiger partial charge in [-0.15, -0.1) is 0 Å². The van der Waals surface area contributed by atoms with Crippen molar-refractivity contribution in [2.45, 2.75) is 39.3 Å². The maximum absolute atomic E-state index is 5.15. The molecule has 0 aliphatic heterocycles. The summed E-state index contributed by atoms with van der Waals surface area (Å²) in [4.78, 5) is 2.47. The largest absolute Gasteiger partial charge is 0.383 e. The number of hydrogen-bond acceptors (Lipinski definition) is 4. The average Bonchev–Trinajstić information content (AvgIpc) is 2.32. The van der Waals surface area contributed by atoms with Crippen LogP contribution in [0.4, 0.5) is 0 Å². The third-order valence-electron chi connectivity index (χ3n) is 3.11. The molecule has 0 saturated carbocycles. The van der Waals surface area contributed by atoms with E-state index in [0.29, 0.717) is 12.1 Å². The highest BCUT2D eigenvalue weighted by atomic mass is 16.5. The fourth-order valence-electron chi connectivity index (χ4n) is 1.78. The van der Waals surface area contributed by atoms with E-state index < -0.39 is 0 Å². The predicted octanol–water partition coefficient (Wildman–Crippen LogP) is 1.36. The summed E-state index contributed by atoms with van der Waals surface area (Å²) in [7, 11) is 3.50. The molecule has 0 radical (unpaired) electrons. The molecule has 0 aliphatic rings. The zero-order valence-electron chi connectivity index (χ0n) is 12.2. The van der Waals surface area contributed by atoms with Crippen molar-refractivity contribution in [1.29, 1.82) is 0 Å². The molecule has 2 unspecified atom stereocenters. The van der Waals surface area contributed by atoms with E-state index in [1.54, 1.807) is 14.2 Å². The number of hydrogen-bond donors (Lipinski definition) is 1. The van der Waals surface area contributed by atoms with Crippen LogP contribution in [0, 0.1) is 0 Å². The molecule has 0 rings (SSSR count). The van der Waals surface area contributed by atoms with E-state index in [1.165, 1.54) is 6.42 Å². The van der Waals surface area contributed by atoms with Gasteiger partial charge in [-0.05, 0) is 20.3 Å². The Hall–Kier alpha value is -0.160. The standard InChI is InChI=1S/C13H30N2O2/c1-6-13(3)15(9-10-16-4)8-7-14-12(2)11-17-5/h12-14H,6-11H2,1-5H3. The molecule has 4 heteroatoms. The topological polar surface area (TPSA) is 33.7 Å². The van der Waals surface area contributed by atoms with Crippen molar-refractivity contribution < 1.29 is 9.47 Å². The highest BCUT2D eigenvalue weighted by Gasteiger charge is 2.11. The highest BCUT2D eigenvalue weighted by molar-refractivity contribution is 4.68. The van der Waals surface area contributed by atoms with Crippen molar-refractivity contribution >= 4 is 0 Å².